The average Bonchev–Trinajstić information content (AvgIpc) is 3.26. The molecule has 4 aromatic rings. The number of carbonyl (C=O) groups is 1. The lowest BCUT2D eigenvalue weighted by atomic mass is 10.1. The Bertz CT molecular complexity index is 1250. The van der Waals surface area contributed by atoms with Crippen molar-refractivity contribution >= 4 is 23.4 Å². The summed E-state index contributed by atoms with van der Waals surface area (Å²) in [5, 5.41) is 12.4. The molecule has 0 aliphatic rings. The molecule has 174 valence electrons. The quantitative estimate of drug-likeness (QED) is 0.314. The first-order chi connectivity index (χ1) is 16.6. The monoisotopic (exact) mass is 472 g/mol. The number of anilines is 1. The Hall–Kier alpha value is -3.58. The van der Waals surface area contributed by atoms with E-state index in [9.17, 15) is 4.79 Å². The summed E-state index contributed by atoms with van der Waals surface area (Å²) in [4.78, 5) is 12.7. The first kappa shape index (κ1) is 23.6. The number of nitrogens with zero attached hydrogens (tertiary/aromatic N) is 3. The van der Waals surface area contributed by atoms with Gasteiger partial charge in [0.2, 0.25) is 5.91 Å². The van der Waals surface area contributed by atoms with E-state index in [4.69, 9.17) is 4.74 Å². The van der Waals surface area contributed by atoms with Crippen molar-refractivity contribution in [2.75, 3.05) is 11.1 Å². The van der Waals surface area contributed by atoms with E-state index in [2.05, 4.69) is 22.4 Å². The number of nitrogens with one attached hydrogen (secondary N) is 1. The largest absolute Gasteiger partial charge is 0.485 e. The summed E-state index contributed by atoms with van der Waals surface area (Å²) in [7, 11) is 0. The zero-order valence-corrected chi connectivity index (χ0v) is 20.4. The van der Waals surface area contributed by atoms with Gasteiger partial charge in [0.15, 0.2) is 11.0 Å². The zero-order chi connectivity index (χ0) is 23.9. The molecule has 34 heavy (non-hydrogen) atoms. The molecule has 7 heteroatoms. The van der Waals surface area contributed by atoms with Crippen LogP contribution in [0, 0.1) is 13.8 Å². The number of benzene rings is 3. The van der Waals surface area contributed by atoms with Crippen LogP contribution in [-0.4, -0.2) is 26.4 Å². The van der Waals surface area contributed by atoms with Crippen LogP contribution in [0.3, 0.4) is 0 Å². The molecule has 1 aromatic heterocycles. The molecule has 0 spiro atoms. The third-order valence-corrected chi connectivity index (χ3v) is 6.40. The van der Waals surface area contributed by atoms with Crippen molar-refractivity contribution in [1.29, 1.82) is 0 Å². The van der Waals surface area contributed by atoms with E-state index in [0.29, 0.717) is 11.0 Å². The highest BCUT2D eigenvalue weighted by atomic mass is 32.2. The zero-order valence-electron chi connectivity index (χ0n) is 19.6. The van der Waals surface area contributed by atoms with Gasteiger partial charge in [-0.25, -0.2) is 0 Å². The van der Waals surface area contributed by atoms with E-state index in [1.807, 2.05) is 91.2 Å². The van der Waals surface area contributed by atoms with Crippen molar-refractivity contribution in [3.8, 4) is 11.4 Å². The molecule has 1 N–H and O–H groups in total. The van der Waals surface area contributed by atoms with Gasteiger partial charge < -0.3 is 10.1 Å². The third kappa shape index (κ3) is 5.48. The summed E-state index contributed by atoms with van der Waals surface area (Å²) in [6.45, 7) is 6.40. The smallest absolute Gasteiger partial charge is 0.234 e. The fraction of sp³-hybridized carbons (Fsp3) is 0.222. The number of aryl methyl sites for hydroxylation is 3. The molecule has 6 nitrogen and oxygen atoms in total. The number of aromatic nitrogens is 3. The Morgan fingerprint density at radius 1 is 0.941 bits per heavy atom. The van der Waals surface area contributed by atoms with Gasteiger partial charge in [-0.15, -0.1) is 10.2 Å². The molecule has 0 aliphatic heterocycles. The van der Waals surface area contributed by atoms with Gasteiger partial charge in [0.05, 0.1) is 5.75 Å². The van der Waals surface area contributed by atoms with Crippen LogP contribution >= 0.6 is 11.8 Å². The summed E-state index contributed by atoms with van der Waals surface area (Å²) in [5.74, 6) is 1.67. The number of carbonyl (C=O) groups excluding carboxylic acids is 1. The number of amides is 1. The second kappa shape index (κ2) is 11.0. The summed E-state index contributed by atoms with van der Waals surface area (Å²) in [6.07, 6.45) is 0.857. The molecule has 3 aromatic carbocycles. The van der Waals surface area contributed by atoms with Crippen molar-refractivity contribution in [3.05, 3.63) is 95.3 Å². The molecular weight excluding hydrogens is 444 g/mol. The summed E-state index contributed by atoms with van der Waals surface area (Å²) < 4.78 is 8.10. The molecule has 0 atom stereocenters. The normalized spacial score (nSPS) is 10.8. The molecule has 1 heterocycles. The molecule has 0 radical (unpaired) electrons. The SMILES string of the molecule is CCc1ccccc1NC(=O)CSc1nnc(COc2c(C)cccc2C)n1-c1ccccc1. The maximum Gasteiger partial charge on any atom is 0.234 e. The van der Waals surface area contributed by atoms with Crippen molar-refractivity contribution in [3.63, 3.8) is 0 Å². The second-order valence-corrected chi connectivity index (χ2v) is 8.87. The molecule has 1 amide bonds. The van der Waals surface area contributed by atoms with Gasteiger partial charge in [0.1, 0.15) is 12.4 Å². The van der Waals surface area contributed by atoms with E-state index in [1.54, 1.807) is 0 Å². The lowest BCUT2D eigenvalue weighted by Gasteiger charge is -2.14. The van der Waals surface area contributed by atoms with Crippen molar-refractivity contribution in [1.82, 2.24) is 14.8 Å². The summed E-state index contributed by atoms with van der Waals surface area (Å²) in [5.41, 5.74) is 5.03. The first-order valence-electron chi connectivity index (χ1n) is 11.3. The first-order valence-corrected chi connectivity index (χ1v) is 12.2. The van der Waals surface area contributed by atoms with Gasteiger partial charge in [-0.3, -0.25) is 9.36 Å². The Morgan fingerprint density at radius 3 is 2.38 bits per heavy atom. The Labute approximate surface area is 204 Å². The maximum absolute atomic E-state index is 12.7. The molecule has 0 saturated carbocycles. The van der Waals surface area contributed by atoms with Gasteiger partial charge in [-0.2, -0.15) is 0 Å². The molecule has 0 fully saturated rings. The molecule has 0 unspecified atom stereocenters. The van der Waals surface area contributed by atoms with Crippen LogP contribution in [0.4, 0.5) is 5.69 Å². The van der Waals surface area contributed by atoms with Gasteiger partial charge >= 0.3 is 0 Å². The fourth-order valence-corrected chi connectivity index (χ4v) is 4.52. The highest BCUT2D eigenvalue weighted by Crippen LogP contribution is 2.26. The van der Waals surface area contributed by atoms with Crippen LogP contribution in [0.15, 0.2) is 78.0 Å². The van der Waals surface area contributed by atoms with E-state index >= 15 is 0 Å². The predicted octanol–water partition coefficient (Wildman–Crippen LogP) is 5.76. The van der Waals surface area contributed by atoms with Crippen LogP contribution < -0.4 is 10.1 Å². The number of hydrogen-bond donors (Lipinski definition) is 1. The third-order valence-electron chi connectivity index (χ3n) is 5.47. The van der Waals surface area contributed by atoms with Gasteiger partial charge in [0.25, 0.3) is 0 Å². The van der Waals surface area contributed by atoms with Crippen LogP contribution in [0.1, 0.15) is 29.4 Å². The van der Waals surface area contributed by atoms with E-state index in [-0.39, 0.29) is 18.3 Å². The molecule has 0 saturated heterocycles. The van der Waals surface area contributed by atoms with Crippen molar-refractivity contribution < 1.29 is 9.53 Å². The Kier molecular flexibility index (Phi) is 7.65. The van der Waals surface area contributed by atoms with Gasteiger partial charge in [-0.1, -0.05) is 73.3 Å². The lowest BCUT2D eigenvalue weighted by Crippen LogP contribution is -2.16. The highest BCUT2D eigenvalue weighted by molar-refractivity contribution is 7.99. The van der Waals surface area contributed by atoms with E-state index < -0.39 is 0 Å². The predicted molar refractivity (Wildman–Crippen MR) is 137 cm³/mol. The van der Waals surface area contributed by atoms with E-state index in [1.165, 1.54) is 11.8 Å². The minimum Gasteiger partial charge on any atom is -0.485 e. The van der Waals surface area contributed by atoms with Crippen molar-refractivity contribution in [2.24, 2.45) is 0 Å². The lowest BCUT2D eigenvalue weighted by molar-refractivity contribution is -0.113. The maximum atomic E-state index is 12.7. The minimum atomic E-state index is -0.0816. The van der Waals surface area contributed by atoms with Crippen LogP contribution in [0.5, 0.6) is 5.75 Å². The van der Waals surface area contributed by atoms with Gasteiger partial charge in [-0.05, 0) is 55.2 Å². The Balaban J connectivity index is 1.52. The molecule has 0 aliphatic carbocycles. The number of ether oxygens (including phenoxy) is 1. The number of hydrogen-bond acceptors (Lipinski definition) is 5. The minimum absolute atomic E-state index is 0.0816. The number of rotatable bonds is 9. The van der Waals surface area contributed by atoms with Crippen LogP contribution in [0.25, 0.3) is 5.69 Å². The van der Waals surface area contributed by atoms with Crippen molar-refractivity contribution in [2.45, 2.75) is 39.0 Å². The highest BCUT2D eigenvalue weighted by Gasteiger charge is 2.17. The molecular formula is C27H28N4O2S. The van der Waals surface area contributed by atoms with Crippen LogP contribution in [-0.2, 0) is 17.8 Å². The second-order valence-electron chi connectivity index (χ2n) is 7.93. The van der Waals surface area contributed by atoms with Gasteiger partial charge in [0, 0.05) is 11.4 Å². The topological polar surface area (TPSA) is 69.0 Å². The summed E-state index contributed by atoms with van der Waals surface area (Å²) in [6, 6.07) is 23.8. The number of thioether (sulfide) groups is 1. The fourth-order valence-electron chi connectivity index (χ4n) is 3.75. The van der Waals surface area contributed by atoms with Crippen LogP contribution in [0.2, 0.25) is 0 Å². The molecule has 0 bridgehead atoms. The number of para-hydroxylation sites is 3. The van der Waals surface area contributed by atoms with E-state index in [0.717, 1.165) is 40.2 Å². The molecule has 4 rings (SSSR count). The average molecular weight is 473 g/mol. The summed E-state index contributed by atoms with van der Waals surface area (Å²) >= 11 is 1.35. The standard InChI is InChI=1S/C27H28N4O2S/c1-4-21-13-8-9-16-23(21)28-25(32)18-34-27-30-29-24(31(27)22-14-6-5-7-15-22)17-33-26-19(2)11-10-12-20(26)3/h5-16H,4,17-18H2,1-3H3,(H,28,32). The Morgan fingerprint density at radius 2 is 1.65 bits per heavy atom.